The molecule has 3 heteroatoms. The molecule has 0 amide bonds. The van der Waals surface area contributed by atoms with Crippen LogP contribution in [0.2, 0.25) is 0 Å². The van der Waals surface area contributed by atoms with E-state index in [0.29, 0.717) is 6.42 Å². The van der Waals surface area contributed by atoms with E-state index >= 15 is 0 Å². The second kappa shape index (κ2) is 5.21. The van der Waals surface area contributed by atoms with Crippen molar-refractivity contribution >= 4 is 5.97 Å². The van der Waals surface area contributed by atoms with Crippen molar-refractivity contribution in [3.05, 3.63) is 0 Å². The van der Waals surface area contributed by atoms with Gasteiger partial charge in [0.15, 0.2) is 0 Å². The van der Waals surface area contributed by atoms with Gasteiger partial charge in [0.05, 0.1) is 5.92 Å². The summed E-state index contributed by atoms with van der Waals surface area (Å²) in [6.07, 6.45) is 2.17. The minimum Gasteiger partial charge on any atom is -0.481 e. The molecule has 0 heterocycles. The first-order chi connectivity index (χ1) is 4.72. The van der Waals surface area contributed by atoms with E-state index in [1.165, 1.54) is 0 Å². The number of carboxylic acid groups (broad SMARTS) is 1. The molecule has 2 nitrogen and oxygen atoms in total. The summed E-state index contributed by atoms with van der Waals surface area (Å²) in [6, 6.07) is 0. The minimum atomic E-state index is -1.02. The number of alkyl halides is 1. The van der Waals surface area contributed by atoms with Gasteiger partial charge in [0.25, 0.3) is 0 Å². The van der Waals surface area contributed by atoms with Crippen molar-refractivity contribution in [3.63, 3.8) is 0 Å². The van der Waals surface area contributed by atoms with Crippen LogP contribution in [0.4, 0.5) is 4.39 Å². The molecule has 0 aliphatic heterocycles. The van der Waals surface area contributed by atoms with Crippen molar-refractivity contribution in [3.8, 4) is 0 Å². The van der Waals surface area contributed by atoms with E-state index in [1.54, 1.807) is 0 Å². The largest absolute Gasteiger partial charge is 0.481 e. The van der Waals surface area contributed by atoms with Gasteiger partial charge in [-0.2, -0.15) is 0 Å². The molecule has 10 heavy (non-hydrogen) atoms. The molecule has 0 aliphatic carbocycles. The molecule has 0 rings (SSSR count). The molecule has 0 aliphatic rings. The second-order valence-corrected chi connectivity index (χ2v) is 2.33. The fraction of sp³-hybridized carbons (Fsp3) is 0.857. The highest BCUT2D eigenvalue weighted by molar-refractivity contribution is 5.69. The topological polar surface area (TPSA) is 37.3 Å². The van der Waals surface area contributed by atoms with Crippen molar-refractivity contribution in [2.75, 3.05) is 6.67 Å². The number of halogens is 1. The summed E-state index contributed by atoms with van der Waals surface area (Å²) in [5.41, 5.74) is 0. The van der Waals surface area contributed by atoms with E-state index in [1.807, 2.05) is 6.92 Å². The van der Waals surface area contributed by atoms with E-state index in [0.717, 1.165) is 12.8 Å². The molecule has 0 spiro atoms. The van der Waals surface area contributed by atoms with E-state index < -0.39 is 18.6 Å². The Labute approximate surface area is 60.1 Å². The van der Waals surface area contributed by atoms with E-state index in [2.05, 4.69) is 0 Å². The molecule has 1 N–H and O–H groups in total. The predicted molar refractivity (Wildman–Crippen MR) is 36.6 cm³/mol. The summed E-state index contributed by atoms with van der Waals surface area (Å²) in [7, 11) is 0. The number of hydrogen-bond donors (Lipinski definition) is 1. The Morgan fingerprint density at radius 3 is 2.60 bits per heavy atom. The van der Waals surface area contributed by atoms with Crippen LogP contribution in [0.25, 0.3) is 0 Å². The lowest BCUT2D eigenvalue weighted by molar-refractivity contribution is -0.142. The molecule has 1 atom stereocenters. The normalized spacial score (nSPS) is 13.0. The summed E-state index contributed by atoms with van der Waals surface area (Å²) in [4.78, 5) is 10.2. The molecule has 0 saturated carbocycles. The van der Waals surface area contributed by atoms with Crippen molar-refractivity contribution in [2.24, 2.45) is 5.92 Å². The lowest BCUT2D eigenvalue weighted by atomic mass is 10.0. The van der Waals surface area contributed by atoms with E-state index in [4.69, 9.17) is 5.11 Å². The molecule has 0 saturated heterocycles. The van der Waals surface area contributed by atoms with E-state index in [-0.39, 0.29) is 0 Å². The molecule has 0 aromatic carbocycles. The van der Waals surface area contributed by atoms with Crippen LogP contribution in [-0.4, -0.2) is 17.8 Å². The van der Waals surface area contributed by atoms with Gasteiger partial charge in [0.2, 0.25) is 0 Å². The van der Waals surface area contributed by atoms with Crippen LogP contribution in [-0.2, 0) is 4.79 Å². The Bertz CT molecular complexity index is 104. The summed E-state index contributed by atoms with van der Waals surface area (Å²) < 4.78 is 11.9. The Morgan fingerprint density at radius 2 is 2.30 bits per heavy atom. The molecule has 1 unspecified atom stereocenters. The summed E-state index contributed by atoms with van der Waals surface area (Å²) in [5.74, 6) is -1.80. The van der Waals surface area contributed by atoms with Gasteiger partial charge in [-0.15, -0.1) is 0 Å². The quantitative estimate of drug-likeness (QED) is 0.646. The van der Waals surface area contributed by atoms with Crippen LogP contribution in [0.15, 0.2) is 0 Å². The average Bonchev–Trinajstić information content (AvgIpc) is 1.89. The number of carboxylic acids is 1. The van der Waals surface area contributed by atoms with Gasteiger partial charge in [-0.3, -0.25) is 9.18 Å². The molecule has 0 radical (unpaired) electrons. The Hall–Kier alpha value is -0.600. The molecule has 0 aromatic rings. The molecule has 0 bridgehead atoms. The SMILES string of the molecule is CCCCC(CF)C(=O)O. The van der Waals surface area contributed by atoms with Crippen LogP contribution in [0, 0.1) is 5.92 Å². The van der Waals surface area contributed by atoms with Crippen LogP contribution >= 0.6 is 0 Å². The first-order valence-electron chi connectivity index (χ1n) is 3.51. The van der Waals surface area contributed by atoms with Crippen molar-refractivity contribution in [2.45, 2.75) is 26.2 Å². The van der Waals surface area contributed by atoms with Gasteiger partial charge in [0, 0.05) is 0 Å². The molecule has 0 aromatic heterocycles. The maximum Gasteiger partial charge on any atom is 0.309 e. The Kier molecular flexibility index (Phi) is 4.89. The van der Waals surface area contributed by atoms with Gasteiger partial charge in [-0.25, -0.2) is 0 Å². The fourth-order valence-corrected chi connectivity index (χ4v) is 0.717. The van der Waals surface area contributed by atoms with Gasteiger partial charge in [-0.1, -0.05) is 19.8 Å². The van der Waals surface area contributed by atoms with Crippen LogP contribution in [0.3, 0.4) is 0 Å². The van der Waals surface area contributed by atoms with Gasteiger partial charge in [0.1, 0.15) is 6.67 Å². The third kappa shape index (κ3) is 3.43. The van der Waals surface area contributed by atoms with Crippen molar-refractivity contribution in [1.29, 1.82) is 0 Å². The van der Waals surface area contributed by atoms with Crippen LogP contribution in [0.1, 0.15) is 26.2 Å². The maximum absolute atomic E-state index is 11.9. The number of unbranched alkanes of at least 4 members (excludes halogenated alkanes) is 1. The minimum absolute atomic E-state index is 0.461. The number of hydrogen-bond acceptors (Lipinski definition) is 1. The van der Waals surface area contributed by atoms with Gasteiger partial charge >= 0.3 is 5.97 Å². The third-order valence-corrected chi connectivity index (χ3v) is 1.44. The smallest absolute Gasteiger partial charge is 0.309 e. The van der Waals surface area contributed by atoms with Crippen molar-refractivity contribution < 1.29 is 14.3 Å². The Balaban J connectivity index is 3.50. The lowest BCUT2D eigenvalue weighted by Crippen LogP contribution is -2.15. The Morgan fingerprint density at radius 1 is 1.70 bits per heavy atom. The zero-order chi connectivity index (χ0) is 7.98. The fourth-order valence-electron chi connectivity index (χ4n) is 0.717. The van der Waals surface area contributed by atoms with Gasteiger partial charge < -0.3 is 5.11 Å². The highest BCUT2D eigenvalue weighted by Crippen LogP contribution is 2.08. The zero-order valence-corrected chi connectivity index (χ0v) is 6.14. The first-order valence-corrected chi connectivity index (χ1v) is 3.51. The molecular formula is C7H13FO2. The average molecular weight is 148 g/mol. The third-order valence-electron chi connectivity index (χ3n) is 1.44. The monoisotopic (exact) mass is 148 g/mol. The van der Waals surface area contributed by atoms with Crippen LogP contribution in [0.5, 0.6) is 0 Å². The highest BCUT2D eigenvalue weighted by atomic mass is 19.1. The standard InChI is InChI=1S/C7H13FO2/c1-2-3-4-6(5-8)7(9)10/h6H,2-5H2,1H3,(H,9,10). The number of aliphatic carboxylic acids is 1. The van der Waals surface area contributed by atoms with E-state index in [9.17, 15) is 9.18 Å². The maximum atomic E-state index is 11.9. The van der Waals surface area contributed by atoms with Crippen molar-refractivity contribution in [1.82, 2.24) is 0 Å². The lowest BCUT2D eigenvalue weighted by Gasteiger charge is -2.04. The first kappa shape index (κ1) is 9.40. The highest BCUT2D eigenvalue weighted by Gasteiger charge is 2.15. The summed E-state index contributed by atoms with van der Waals surface area (Å²) >= 11 is 0. The summed E-state index contributed by atoms with van der Waals surface area (Å²) in [5, 5.41) is 8.36. The predicted octanol–water partition coefficient (Wildman–Crippen LogP) is 1.85. The number of rotatable bonds is 5. The molecular weight excluding hydrogens is 135 g/mol. The van der Waals surface area contributed by atoms with Crippen LogP contribution < -0.4 is 0 Å². The second-order valence-electron chi connectivity index (χ2n) is 2.33. The van der Waals surface area contributed by atoms with Gasteiger partial charge in [-0.05, 0) is 6.42 Å². The summed E-state index contributed by atoms with van der Waals surface area (Å²) in [6.45, 7) is 1.21. The number of carbonyl (C=O) groups is 1. The molecule has 60 valence electrons. The zero-order valence-electron chi connectivity index (χ0n) is 6.14. The molecule has 0 fully saturated rings.